The third kappa shape index (κ3) is 3.06. The average molecular weight is 332 g/mol. The molecule has 0 saturated carbocycles. The highest BCUT2D eigenvalue weighted by Crippen LogP contribution is 2.39. The molecule has 1 aromatic carbocycles. The quantitative estimate of drug-likeness (QED) is 0.794. The third-order valence-corrected chi connectivity index (χ3v) is 4.81. The van der Waals surface area contributed by atoms with Gasteiger partial charge in [-0.3, -0.25) is 4.79 Å². The van der Waals surface area contributed by atoms with Crippen LogP contribution in [0.15, 0.2) is 30.3 Å². The molecule has 7 heteroatoms. The van der Waals surface area contributed by atoms with Crippen LogP contribution in [0.3, 0.4) is 0 Å². The fraction of sp³-hybridized carbons (Fsp3) is 0.250. The van der Waals surface area contributed by atoms with E-state index in [0.717, 1.165) is 16.9 Å². The Morgan fingerprint density at radius 3 is 2.78 bits per heavy atom. The van der Waals surface area contributed by atoms with Gasteiger partial charge in [0.1, 0.15) is 5.00 Å². The van der Waals surface area contributed by atoms with Crippen molar-refractivity contribution in [3.63, 3.8) is 0 Å². The second-order valence-corrected chi connectivity index (χ2v) is 6.28. The second kappa shape index (κ2) is 6.39. The van der Waals surface area contributed by atoms with E-state index in [9.17, 15) is 14.7 Å². The summed E-state index contributed by atoms with van der Waals surface area (Å²) in [6.07, 6.45) is -0.351. The number of ether oxygens (including phenoxy) is 1. The molecule has 0 saturated heterocycles. The lowest BCUT2D eigenvalue weighted by atomic mass is 10.0. The van der Waals surface area contributed by atoms with Gasteiger partial charge in [-0.25, -0.2) is 4.79 Å². The highest BCUT2D eigenvalue weighted by atomic mass is 32.1. The predicted molar refractivity (Wildman–Crippen MR) is 86.4 cm³/mol. The van der Waals surface area contributed by atoms with E-state index in [0.29, 0.717) is 30.0 Å². The van der Waals surface area contributed by atoms with Crippen molar-refractivity contribution in [1.29, 1.82) is 0 Å². The van der Waals surface area contributed by atoms with E-state index in [1.54, 1.807) is 0 Å². The van der Waals surface area contributed by atoms with Gasteiger partial charge in [0.15, 0.2) is 6.10 Å². The molecule has 120 valence electrons. The molecule has 1 aliphatic rings. The number of thiophene rings is 1. The molecule has 0 bridgehead atoms. The number of benzene rings is 1. The molecular formula is C16H16N2O4S. The van der Waals surface area contributed by atoms with Gasteiger partial charge in [0.2, 0.25) is 0 Å². The van der Waals surface area contributed by atoms with Crippen LogP contribution in [0.4, 0.5) is 5.00 Å². The minimum Gasteiger partial charge on any atom is -0.478 e. The van der Waals surface area contributed by atoms with Gasteiger partial charge in [0.25, 0.3) is 5.91 Å². The van der Waals surface area contributed by atoms with Crippen molar-refractivity contribution in [2.45, 2.75) is 19.1 Å². The Bertz CT molecular complexity index is 742. The van der Waals surface area contributed by atoms with E-state index >= 15 is 0 Å². The Morgan fingerprint density at radius 2 is 2.09 bits per heavy atom. The molecule has 4 N–H and O–H groups in total. The maximum absolute atomic E-state index is 12.4. The van der Waals surface area contributed by atoms with Crippen LogP contribution in [0.5, 0.6) is 0 Å². The van der Waals surface area contributed by atoms with E-state index in [1.807, 2.05) is 30.3 Å². The number of carbonyl (C=O) groups is 2. The molecule has 2 aromatic rings. The molecular weight excluding hydrogens is 316 g/mol. The summed E-state index contributed by atoms with van der Waals surface area (Å²) in [4.78, 5) is 24.3. The molecule has 6 nitrogen and oxygen atoms in total. The number of amides is 1. The summed E-state index contributed by atoms with van der Waals surface area (Å²) in [6.45, 7) is 0.689. The number of carboxylic acid groups (broad SMARTS) is 1. The fourth-order valence-corrected chi connectivity index (χ4v) is 3.78. The fourth-order valence-electron chi connectivity index (χ4n) is 2.62. The van der Waals surface area contributed by atoms with Crippen molar-refractivity contribution in [2.75, 3.05) is 12.3 Å². The van der Waals surface area contributed by atoms with Gasteiger partial charge in [0, 0.05) is 11.4 Å². The van der Waals surface area contributed by atoms with Crippen LogP contribution in [-0.4, -0.2) is 23.6 Å². The third-order valence-electron chi connectivity index (χ3n) is 3.70. The first-order chi connectivity index (χ1) is 11.1. The lowest BCUT2D eigenvalue weighted by Gasteiger charge is -2.22. The molecule has 0 aliphatic carbocycles. The number of hydrogen-bond acceptors (Lipinski definition) is 5. The van der Waals surface area contributed by atoms with Crippen LogP contribution in [0, 0.1) is 0 Å². The minimum atomic E-state index is -1.06. The van der Waals surface area contributed by atoms with E-state index in [-0.39, 0.29) is 16.5 Å². The number of anilines is 1. The van der Waals surface area contributed by atoms with E-state index < -0.39 is 12.1 Å². The van der Waals surface area contributed by atoms with Crippen molar-refractivity contribution < 1.29 is 19.4 Å². The van der Waals surface area contributed by atoms with Crippen LogP contribution in [0.25, 0.3) is 0 Å². The number of carbonyl (C=O) groups excluding carboxylic acids is 1. The molecule has 1 atom stereocenters. The zero-order valence-corrected chi connectivity index (χ0v) is 13.1. The molecule has 0 radical (unpaired) electrons. The summed E-state index contributed by atoms with van der Waals surface area (Å²) < 4.78 is 5.55. The first-order valence-electron chi connectivity index (χ1n) is 7.15. The van der Waals surface area contributed by atoms with Gasteiger partial charge in [0.05, 0.1) is 12.2 Å². The zero-order chi connectivity index (χ0) is 16.4. The maximum Gasteiger partial charge on any atom is 0.338 e. The SMILES string of the molecule is Nc1sc2c(c1C(=O)O)CCOC2C(=O)NCc1ccccc1. The summed E-state index contributed by atoms with van der Waals surface area (Å²) in [6, 6.07) is 9.54. The monoisotopic (exact) mass is 332 g/mol. The molecule has 1 amide bonds. The Balaban J connectivity index is 1.79. The van der Waals surface area contributed by atoms with Gasteiger partial charge in [-0.15, -0.1) is 11.3 Å². The Kier molecular flexibility index (Phi) is 4.31. The van der Waals surface area contributed by atoms with E-state index in [4.69, 9.17) is 10.5 Å². The van der Waals surface area contributed by atoms with E-state index in [1.165, 1.54) is 0 Å². The van der Waals surface area contributed by atoms with Crippen molar-refractivity contribution >= 4 is 28.2 Å². The van der Waals surface area contributed by atoms with Crippen molar-refractivity contribution in [3.05, 3.63) is 51.9 Å². The Morgan fingerprint density at radius 1 is 1.35 bits per heavy atom. The first-order valence-corrected chi connectivity index (χ1v) is 7.97. The highest BCUT2D eigenvalue weighted by Gasteiger charge is 2.34. The molecule has 0 spiro atoms. The minimum absolute atomic E-state index is 0.106. The van der Waals surface area contributed by atoms with Gasteiger partial charge in [-0.05, 0) is 17.5 Å². The van der Waals surface area contributed by atoms with Gasteiger partial charge >= 0.3 is 5.97 Å². The van der Waals surface area contributed by atoms with Crippen molar-refractivity contribution in [3.8, 4) is 0 Å². The summed E-state index contributed by atoms with van der Waals surface area (Å²) in [5.41, 5.74) is 7.50. The number of carboxylic acids is 1. The van der Waals surface area contributed by atoms with Crippen LogP contribution in [0.2, 0.25) is 0 Å². The lowest BCUT2D eigenvalue weighted by molar-refractivity contribution is -0.134. The molecule has 2 heterocycles. The summed E-state index contributed by atoms with van der Waals surface area (Å²) >= 11 is 1.11. The molecule has 1 aromatic heterocycles. The molecule has 0 fully saturated rings. The van der Waals surface area contributed by atoms with Gasteiger partial charge < -0.3 is 20.9 Å². The average Bonchev–Trinajstić information content (AvgIpc) is 2.89. The van der Waals surface area contributed by atoms with Crippen LogP contribution in [-0.2, 0) is 22.5 Å². The number of aromatic carboxylic acids is 1. The number of hydrogen-bond donors (Lipinski definition) is 3. The van der Waals surface area contributed by atoms with Crippen LogP contribution in [0.1, 0.15) is 32.5 Å². The topological polar surface area (TPSA) is 102 Å². The maximum atomic E-state index is 12.4. The standard InChI is InChI=1S/C16H16N2O4S/c17-14-11(16(20)21)10-6-7-22-12(13(10)23-14)15(19)18-8-9-4-2-1-3-5-9/h1-5,12H,6-8,17H2,(H,18,19)(H,20,21). The number of nitrogens with two attached hydrogens (primary N) is 1. The zero-order valence-electron chi connectivity index (χ0n) is 12.2. The van der Waals surface area contributed by atoms with Crippen molar-refractivity contribution in [2.24, 2.45) is 0 Å². The van der Waals surface area contributed by atoms with Crippen LogP contribution >= 0.6 is 11.3 Å². The largest absolute Gasteiger partial charge is 0.478 e. The summed E-state index contributed by atoms with van der Waals surface area (Å²) in [5, 5.41) is 12.3. The van der Waals surface area contributed by atoms with Crippen LogP contribution < -0.4 is 11.1 Å². The molecule has 3 rings (SSSR count). The second-order valence-electron chi connectivity index (χ2n) is 5.19. The van der Waals surface area contributed by atoms with E-state index in [2.05, 4.69) is 5.32 Å². The predicted octanol–water partition coefficient (Wildman–Crippen LogP) is 1.96. The molecule has 1 aliphatic heterocycles. The normalized spacial score (nSPS) is 16.6. The number of nitrogen functional groups attached to an aromatic ring is 1. The smallest absolute Gasteiger partial charge is 0.338 e. The number of fused-ring (bicyclic) bond motifs is 1. The first kappa shape index (κ1) is 15.5. The van der Waals surface area contributed by atoms with Crippen molar-refractivity contribution in [1.82, 2.24) is 5.32 Å². The van der Waals surface area contributed by atoms with Gasteiger partial charge in [-0.1, -0.05) is 30.3 Å². The summed E-state index contributed by atoms with van der Waals surface area (Å²) in [7, 11) is 0. The molecule has 1 unspecified atom stereocenters. The Labute approximate surface area is 136 Å². The number of nitrogens with one attached hydrogen (secondary N) is 1. The summed E-state index contributed by atoms with van der Waals surface area (Å²) in [5.74, 6) is -1.35. The highest BCUT2D eigenvalue weighted by molar-refractivity contribution is 7.16. The molecule has 23 heavy (non-hydrogen) atoms. The Hall–Kier alpha value is -2.38. The number of rotatable bonds is 4. The lowest BCUT2D eigenvalue weighted by Crippen LogP contribution is -2.33. The van der Waals surface area contributed by atoms with Gasteiger partial charge in [-0.2, -0.15) is 0 Å².